The summed E-state index contributed by atoms with van der Waals surface area (Å²) in [6, 6.07) is 13.1. The molecule has 25 heavy (non-hydrogen) atoms. The normalized spacial score (nSPS) is 10.6. The van der Waals surface area contributed by atoms with E-state index in [4.69, 9.17) is 5.84 Å². The molecule has 9 heteroatoms. The van der Waals surface area contributed by atoms with Crippen molar-refractivity contribution in [1.82, 2.24) is 14.9 Å². The average molecular weight is 422 g/mol. The maximum atomic E-state index is 13.0. The fraction of sp³-hybridized carbons (Fsp3) is 0.0625. The van der Waals surface area contributed by atoms with Crippen molar-refractivity contribution in [2.45, 2.75) is 5.16 Å². The molecule has 0 aliphatic rings. The molecule has 0 aliphatic carbocycles. The number of anilines is 1. The molecule has 6 nitrogen and oxygen atoms in total. The fourth-order valence-electron chi connectivity index (χ4n) is 2.06. The van der Waals surface area contributed by atoms with Gasteiger partial charge >= 0.3 is 0 Å². The summed E-state index contributed by atoms with van der Waals surface area (Å²) in [5.74, 6) is 5.97. The van der Waals surface area contributed by atoms with E-state index in [-0.39, 0.29) is 17.5 Å². The van der Waals surface area contributed by atoms with Crippen molar-refractivity contribution in [3.63, 3.8) is 0 Å². The van der Waals surface area contributed by atoms with Crippen LogP contribution in [0.15, 0.2) is 58.2 Å². The lowest BCUT2D eigenvalue weighted by Crippen LogP contribution is -2.16. The second kappa shape index (κ2) is 7.66. The zero-order valence-corrected chi connectivity index (χ0v) is 15.2. The fourth-order valence-corrected chi connectivity index (χ4v) is 3.12. The van der Waals surface area contributed by atoms with Gasteiger partial charge in [0.1, 0.15) is 5.82 Å². The number of amides is 1. The minimum Gasteiger partial charge on any atom is -0.335 e. The van der Waals surface area contributed by atoms with Crippen molar-refractivity contribution < 1.29 is 9.18 Å². The largest absolute Gasteiger partial charge is 0.335 e. The molecule has 1 aromatic heterocycles. The topological polar surface area (TPSA) is 85.8 Å². The molecule has 3 aromatic rings. The van der Waals surface area contributed by atoms with E-state index in [2.05, 4.69) is 31.4 Å². The number of nitrogens with zero attached hydrogens (tertiary/aromatic N) is 3. The molecule has 0 radical (unpaired) electrons. The number of halogens is 2. The Bertz CT molecular complexity index is 900. The van der Waals surface area contributed by atoms with Gasteiger partial charge in [0.15, 0.2) is 5.82 Å². The monoisotopic (exact) mass is 421 g/mol. The Kier molecular flexibility index (Phi) is 5.34. The number of thioether (sulfide) groups is 1. The van der Waals surface area contributed by atoms with E-state index >= 15 is 0 Å². The van der Waals surface area contributed by atoms with Gasteiger partial charge in [-0.15, -0.1) is 10.2 Å². The van der Waals surface area contributed by atoms with Crippen LogP contribution in [0.5, 0.6) is 0 Å². The molecule has 0 atom stereocenters. The van der Waals surface area contributed by atoms with Gasteiger partial charge in [0.25, 0.3) is 0 Å². The molecular formula is C16H13BrFN5OS. The zero-order valence-electron chi connectivity index (χ0n) is 12.8. The maximum absolute atomic E-state index is 13.0. The summed E-state index contributed by atoms with van der Waals surface area (Å²) in [5, 5.41) is 11.2. The number of nitrogen functional groups attached to an aromatic ring is 1. The molecule has 1 amide bonds. The molecule has 3 N–H and O–H groups in total. The number of hydrogen-bond donors (Lipinski definition) is 2. The van der Waals surface area contributed by atoms with Gasteiger partial charge in [-0.1, -0.05) is 33.8 Å². The van der Waals surface area contributed by atoms with Crippen molar-refractivity contribution in [3.05, 3.63) is 58.8 Å². The van der Waals surface area contributed by atoms with E-state index in [0.29, 0.717) is 22.2 Å². The molecular weight excluding hydrogens is 409 g/mol. The first-order chi connectivity index (χ1) is 12.0. The number of rotatable bonds is 5. The number of carbonyl (C=O) groups is 1. The molecule has 2 aromatic carbocycles. The molecule has 1 heterocycles. The molecule has 0 unspecified atom stereocenters. The maximum Gasteiger partial charge on any atom is 0.234 e. The summed E-state index contributed by atoms with van der Waals surface area (Å²) in [7, 11) is 0. The Balaban J connectivity index is 1.64. The number of aromatic nitrogens is 3. The molecule has 0 saturated heterocycles. The Morgan fingerprint density at radius 3 is 2.72 bits per heavy atom. The van der Waals surface area contributed by atoms with Crippen LogP contribution in [0, 0.1) is 5.82 Å². The summed E-state index contributed by atoms with van der Waals surface area (Å²) in [5.41, 5.74) is 1.34. The highest BCUT2D eigenvalue weighted by Gasteiger charge is 2.14. The second-order valence-corrected chi connectivity index (χ2v) is 6.89. The van der Waals surface area contributed by atoms with Gasteiger partial charge in [0, 0.05) is 15.7 Å². The first-order valence-electron chi connectivity index (χ1n) is 7.17. The molecule has 0 bridgehead atoms. The van der Waals surface area contributed by atoms with Gasteiger partial charge in [-0.2, -0.15) is 0 Å². The molecule has 0 spiro atoms. The Hall–Kier alpha value is -2.39. The zero-order chi connectivity index (χ0) is 17.8. The Morgan fingerprint density at radius 2 is 2.00 bits per heavy atom. The minimum atomic E-state index is -0.342. The highest BCUT2D eigenvalue weighted by Crippen LogP contribution is 2.22. The quantitative estimate of drug-likeness (QED) is 0.487. The summed E-state index contributed by atoms with van der Waals surface area (Å²) < 4.78 is 15.2. The van der Waals surface area contributed by atoms with E-state index in [1.807, 2.05) is 12.1 Å². The van der Waals surface area contributed by atoms with Gasteiger partial charge in [0.2, 0.25) is 11.1 Å². The van der Waals surface area contributed by atoms with E-state index in [0.717, 1.165) is 16.2 Å². The predicted octanol–water partition coefficient (Wildman–Crippen LogP) is 3.29. The van der Waals surface area contributed by atoms with Crippen LogP contribution in [0.1, 0.15) is 0 Å². The molecule has 0 aliphatic heterocycles. The van der Waals surface area contributed by atoms with Crippen LogP contribution >= 0.6 is 27.7 Å². The van der Waals surface area contributed by atoms with Crippen LogP contribution in [0.3, 0.4) is 0 Å². The first-order valence-corrected chi connectivity index (χ1v) is 8.95. The number of hydrogen-bond acceptors (Lipinski definition) is 5. The summed E-state index contributed by atoms with van der Waals surface area (Å²) in [4.78, 5) is 12.0. The summed E-state index contributed by atoms with van der Waals surface area (Å²) in [6.07, 6.45) is 0. The summed E-state index contributed by atoms with van der Waals surface area (Å²) in [6.45, 7) is 0. The first kappa shape index (κ1) is 17.4. The third-order valence-electron chi connectivity index (χ3n) is 3.21. The second-order valence-electron chi connectivity index (χ2n) is 5.03. The standard InChI is InChI=1S/C16H13BrFN5OS/c17-11-2-1-3-13(8-11)20-14(24)9-25-16-22-21-15(23(16)19)10-4-6-12(18)7-5-10/h1-8H,9,19H2,(H,20,24). The molecule has 3 rings (SSSR count). The van der Waals surface area contributed by atoms with Gasteiger partial charge in [0.05, 0.1) is 5.75 Å². The lowest BCUT2D eigenvalue weighted by atomic mass is 10.2. The van der Waals surface area contributed by atoms with Crippen molar-refractivity contribution in [1.29, 1.82) is 0 Å². The number of nitrogens with two attached hydrogens (primary N) is 1. The Morgan fingerprint density at radius 1 is 1.24 bits per heavy atom. The molecule has 0 fully saturated rings. The molecule has 0 saturated carbocycles. The van der Waals surface area contributed by atoms with Crippen molar-refractivity contribution in [3.8, 4) is 11.4 Å². The smallest absolute Gasteiger partial charge is 0.234 e. The van der Waals surface area contributed by atoms with Crippen LogP contribution in [-0.2, 0) is 4.79 Å². The SMILES string of the molecule is Nn1c(SCC(=O)Nc2cccc(Br)c2)nnc1-c1ccc(F)cc1. The number of carbonyl (C=O) groups excluding carboxylic acids is 1. The van der Waals surface area contributed by atoms with E-state index < -0.39 is 0 Å². The highest BCUT2D eigenvalue weighted by molar-refractivity contribution is 9.10. The van der Waals surface area contributed by atoms with E-state index in [9.17, 15) is 9.18 Å². The van der Waals surface area contributed by atoms with Crippen LogP contribution in [0.2, 0.25) is 0 Å². The highest BCUT2D eigenvalue weighted by atomic mass is 79.9. The van der Waals surface area contributed by atoms with Gasteiger partial charge < -0.3 is 11.2 Å². The van der Waals surface area contributed by atoms with Crippen LogP contribution in [0.4, 0.5) is 10.1 Å². The summed E-state index contributed by atoms with van der Waals surface area (Å²) >= 11 is 4.51. The minimum absolute atomic E-state index is 0.130. The van der Waals surface area contributed by atoms with Gasteiger partial charge in [-0.05, 0) is 42.5 Å². The average Bonchev–Trinajstić information content (AvgIpc) is 2.94. The van der Waals surface area contributed by atoms with Crippen molar-refractivity contribution >= 4 is 39.3 Å². The van der Waals surface area contributed by atoms with E-state index in [1.54, 1.807) is 24.3 Å². The number of benzene rings is 2. The van der Waals surface area contributed by atoms with Crippen molar-refractivity contribution in [2.24, 2.45) is 0 Å². The number of nitrogens with one attached hydrogen (secondary N) is 1. The van der Waals surface area contributed by atoms with Crippen molar-refractivity contribution in [2.75, 3.05) is 16.9 Å². The van der Waals surface area contributed by atoms with Crippen LogP contribution < -0.4 is 11.2 Å². The van der Waals surface area contributed by atoms with Gasteiger partial charge in [-0.25, -0.2) is 9.07 Å². The third-order valence-corrected chi connectivity index (χ3v) is 4.64. The predicted molar refractivity (Wildman–Crippen MR) is 99.1 cm³/mol. The Labute approximate surface area is 155 Å². The van der Waals surface area contributed by atoms with Crippen LogP contribution in [-0.4, -0.2) is 26.5 Å². The molecule has 128 valence electrons. The van der Waals surface area contributed by atoms with E-state index in [1.165, 1.54) is 16.8 Å². The third kappa shape index (κ3) is 4.37. The van der Waals surface area contributed by atoms with Gasteiger partial charge in [-0.3, -0.25) is 4.79 Å². The van der Waals surface area contributed by atoms with Crippen LogP contribution in [0.25, 0.3) is 11.4 Å². The lowest BCUT2D eigenvalue weighted by Gasteiger charge is -2.06. The lowest BCUT2D eigenvalue weighted by molar-refractivity contribution is -0.113.